The third-order valence-corrected chi connectivity index (χ3v) is 4.94. The molecule has 1 nitrogen and oxygen atoms in total. The number of hydrogen-bond donors (Lipinski definition) is 0. The van der Waals surface area contributed by atoms with Crippen molar-refractivity contribution in [3.8, 4) is 0 Å². The summed E-state index contributed by atoms with van der Waals surface area (Å²) in [6.07, 6.45) is 6.24. The smallest absolute Gasteiger partial charge is 0.123 e. The van der Waals surface area contributed by atoms with Gasteiger partial charge in [-0.3, -0.25) is 0 Å². The Balaban J connectivity index is 2.33. The molecule has 2 fully saturated rings. The van der Waals surface area contributed by atoms with Gasteiger partial charge in [0.25, 0.3) is 0 Å². The van der Waals surface area contributed by atoms with Gasteiger partial charge < -0.3 is 4.79 Å². The molecule has 0 aromatic rings. The summed E-state index contributed by atoms with van der Waals surface area (Å²) in [6, 6.07) is 0. The van der Waals surface area contributed by atoms with E-state index in [1.54, 1.807) is 0 Å². The maximum absolute atomic E-state index is 11.2. The van der Waals surface area contributed by atoms with Gasteiger partial charge in [-0.15, -0.1) is 0 Å². The summed E-state index contributed by atoms with van der Waals surface area (Å²) in [5.74, 6) is 1.75. The van der Waals surface area contributed by atoms with E-state index < -0.39 is 0 Å². The highest BCUT2D eigenvalue weighted by molar-refractivity contribution is 5.55. The molecule has 15 heavy (non-hydrogen) atoms. The monoisotopic (exact) mass is 208 g/mol. The minimum Gasteiger partial charge on any atom is -0.303 e. The van der Waals surface area contributed by atoms with Crippen LogP contribution in [0.4, 0.5) is 0 Å². The largest absolute Gasteiger partial charge is 0.303 e. The first-order chi connectivity index (χ1) is 6.88. The van der Waals surface area contributed by atoms with Crippen LogP contribution in [0.15, 0.2) is 0 Å². The molecular weight excluding hydrogens is 184 g/mol. The minimum absolute atomic E-state index is 0.334. The highest BCUT2D eigenvalue weighted by Gasteiger charge is 2.55. The molecule has 0 aliphatic heterocycles. The normalized spacial score (nSPS) is 42.3. The van der Waals surface area contributed by atoms with Crippen LogP contribution in [-0.2, 0) is 4.79 Å². The van der Waals surface area contributed by atoms with Crippen molar-refractivity contribution in [3.63, 3.8) is 0 Å². The molecule has 2 aliphatic rings. The average Bonchev–Trinajstić information content (AvgIpc) is 2.33. The zero-order valence-electron chi connectivity index (χ0n) is 10.5. The first-order valence-corrected chi connectivity index (χ1v) is 6.34. The fraction of sp³-hybridized carbons (Fsp3) is 0.929. The first kappa shape index (κ1) is 11.2. The quantitative estimate of drug-likeness (QED) is 0.601. The van der Waals surface area contributed by atoms with Crippen molar-refractivity contribution < 1.29 is 4.79 Å². The van der Waals surface area contributed by atoms with Crippen molar-refractivity contribution >= 4 is 6.29 Å². The van der Waals surface area contributed by atoms with E-state index in [1.807, 2.05) is 0 Å². The molecule has 0 amide bonds. The summed E-state index contributed by atoms with van der Waals surface area (Å²) >= 11 is 0. The van der Waals surface area contributed by atoms with Crippen LogP contribution in [0.3, 0.4) is 0 Å². The maximum Gasteiger partial charge on any atom is 0.123 e. The van der Waals surface area contributed by atoms with Crippen LogP contribution in [0.5, 0.6) is 0 Å². The Morgan fingerprint density at radius 1 is 1.07 bits per heavy atom. The van der Waals surface area contributed by atoms with Crippen LogP contribution >= 0.6 is 0 Å². The Labute approximate surface area is 93.6 Å². The molecule has 86 valence electrons. The lowest BCUT2D eigenvalue weighted by Gasteiger charge is -2.40. The number of aldehydes is 1. The molecule has 0 bridgehead atoms. The summed E-state index contributed by atoms with van der Waals surface area (Å²) in [6.45, 7) is 9.52. The number of carbonyl (C=O) groups is 1. The second-order valence-electron chi connectivity index (χ2n) is 7.02. The molecule has 0 radical (unpaired) electrons. The van der Waals surface area contributed by atoms with E-state index in [9.17, 15) is 4.79 Å². The van der Waals surface area contributed by atoms with Crippen molar-refractivity contribution in [1.29, 1.82) is 0 Å². The predicted octanol–water partition coefficient (Wildman–Crippen LogP) is 3.67. The molecule has 0 spiro atoms. The van der Waals surface area contributed by atoms with E-state index in [0.29, 0.717) is 22.7 Å². The second kappa shape index (κ2) is 3.33. The van der Waals surface area contributed by atoms with Crippen molar-refractivity contribution in [3.05, 3.63) is 0 Å². The Morgan fingerprint density at radius 2 is 1.73 bits per heavy atom. The van der Waals surface area contributed by atoms with E-state index in [-0.39, 0.29) is 0 Å². The highest BCUT2D eigenvalue weighted by Crippen LogP contribution is 2.62. The van der Waals surface area contributed by atoms with E-state index in [2.05, 4.69) is 27.7 Å². The van der Waals surface area contributed by atoms with Gasteiger partial charge in [0.05, 0.1) is 0 Å². The molecule has 2 saturated carbocycles. The summed E-state index contributed by atoms with van der Waals surface area (Å²) in [5, 5.41) is 0. The average molecular weight is 208 g/mol. The standard InChI is InChI=1S/C14H24O/c1-13(2)9-14(3,4)12-10(8-15)6-5-7-11(12)13/h8,10-12H,5-7,9H2,1-4H3. The minimum atomic E-state index is 0.334. The van der Waals surface area contributed by atoms with Gasteiger partial charge in [-0.05, 0) is 41.9 Å². The van der Waals surface area contributed by atoms with Gasteiger partial charge in [0.15, 0.2) is 0 Å². The summed E-state index contributed by atoms with van der Waals surface area (Å²) in [5.41, 5.74) is 0.802. The lowest BCUT2D eigenvalue weighted by molar-refractivity contribution is -0.116. The van der Waals surface area contributed by atoms with Crippen LogP contribution < -0.4 is 0 Å². The van der Waals surface area contributed by atoms with Gasteiger partial charge in [0, 0.05) is 5.92 Å². The van der Waals surface area contributed by atoms with E-state index in [4.69, 9.17) is 0 Å². The van der Waals surface area contributed by atoms with Gasteiger partial charge in [-0.25, -0.2) is 0 Å². The number of rotatable bonds is 1. The number of carbonyl (C=O) groups excluding carboxylic acids is 1. The van der Waals surface area contributed by atoms with Crippen molar-refractivity contribution in [2.45, 2.75) is 53.4 Å². The zero-order chi connectivity index (χ0) is 11.3. The van der Waals surface area contributed by atoms with Crippen LogP contribution in [0.2, 0.25) is 0 Å². The molecule has 0 aromatic carbocycles. The Hall–Kier alpha value is -0.330. The van der Waals surface area contributed by atoms with Crippen molar-refractivity contribution in [2.75, 3.05) is 0 Å². The molecule has 2 rings (SSSR count). The fourth-order valence-electron chi connectivity index (χ4n) is 4.81. The topological polar surface area (TPSA) is 17.1 Å². The van der Waals surface area contributed by atoms with Gasteiger partial charge in [-0.2, -0.15) is 0 Å². The lowest BCUT2D eigenvalue weighted by atomic mass is 9.64. The third kappa shape index (κ3) is 1.64. The van der Waals surface area contributed by atoms with Crippen LogP contribution in [0.25, 0.3) is 0 Å². The predicted molar refractivity (Wildman–Crippen MR) is 62.6 cm³/mol. The fourth-order valence-corrected chi connectivity index (χ4v) is 4.81. The maximum atomic E-state index is 11.2. The molecule has 0 N–H and O–H groups in total. The van der Waals surface area contributed by atoms with Gasteiger partial charge in [0.2, 0.25) is 0 Å². The summed E-state index contributed by atoms with van der Waals surface area (Å²) in [4.78, 5) is 11.2. The Morgan fingerprint density at radius 3 is 2.33 bits per heavy atom. The lowest BCUT2D eigenvalue weighted by Crippen LogP contribution is -2.35. The second-order valence-corrected chi connectivity index (χ2v) is 7.02. The Kier molecular flexibility index (Phi) is 2.48. The zero-order valence-corrected chi connectivity index (χ0v) is 10.5. The molecule has 0 heterocycles. The molecule has 2 aliphatic carbocycles. The summed E-state index contributed by atoms with van der Waals surface area (Å²) < 4.78 is 0. The highest BCUT2D eigenvalue weighted by atomic mass is 16.1. The third-order valence-electron chi connectivity index (χ3n) is 4.94. The first-order valence-electron chi connectivity index (χ1n) is 6.34. The molecule has 3 unspecified atom stereocenters. The summed E-state index contributed by atoms with van der Waals surface area (Å²) in [7, 11) is 0. The van der Waals surface area contributed by atoms with E-state index in [0.717, 1.165) is 12.3 Å². The van der Waals surface area contributed by atoms with Gasteiger partial charge in [-0.1, -0.05) is 34.1 Å². The van der Waals surface area contributed by atoms with E-state index >= 15 is 0 Å². The molecule has 1 heteroatoms. The number of hydrogen-bond acceptors (Lipinski definition) is 1. The van der Waals surface area contributed by atoms with E-state index in [1.165, 1.54) is 25.5 Å². The molecular formula is C14H24O. The van der Waals surface area contributed by atoms with Gasteiger partial charge >= 0.3 is 0 Å². The van der Waals surface area contributed by atoms with Crippen molar-refractivity contribution in [1.82, 2.24) is 0 Å². The SMILES string of the molecule is CC1(C)CC(C)(C)C2C(C=O)CCCC21. The molecule has 3 atom stereocenters. The van der Waals surface area contributed by atoms with Crippen LogP contribution in [0, 0.1) is 28.6 Å². The van der Waals surface area contributed by atoms with Crippen LogP contribution in [0.1, 0.15) is 53.4 Å². The Bertz CT molecular complexity index is 265. The molecule has 0 aromatic heterocycles. The molecule has 0 saturated heterocycles. The van der Waals surface area contributed by atoms with Crippen LogP contribution in [-0.4, -0.2) is 6.29 Å². The van der Waals surface area contributed by atoms with Gasteiger partial charge in [0.1, 0.15) is 6.29 Å². The van der Waals surface area contributed by atoms with Crippen molar-refractivity contribution in [2.24, 2.45) is 28.6 Å². The number of fused-ring (bicyclic) bond motifs is 1.